The molecule has 27 heavy (non-hydrogen) atoms. The van der Waals surface area contributed by atoms with E-state index in [-0.39, 0.29) is 22.4 Å². The van der Waals surface area contributed by atoms with Crippen LogP contribution in [0, 0.1) is 10.1 Å². The second-order valence-corrected chi connectivity index (χ2v) is 6.02. The quantitative estimate of drug-likeness (QED) is 0.234. The van der Waals surface area contributed by atoms with E-state index in [4.69, 9.17) is 4.74 Å². The summed E-state index contributed by atoms with van der Waals surface area (Å²) >= 11 is 1.19. The number of nitrogens with zero attached hydrogens (tertiary/aromatic N) is 1. The molecule has 140 valence electrons. The number of methoxy groups -OCH3 is 1. The van der Waals surface area contributed by atoms with Gasteiger partial charge < -0.3 is 9.47 Å². The van der Waals surface area contributed by atoms with Gasteiger partial charge in [-0.25, -0.2) is 9.59 Å². The molecule has 2 aromatic rings. The van der Waals surface area contributed by atoms with Crippen molar-refractivity contribution in [3.63, 3.8) is 0 Å². The second kappa shape index (κ2) is 8.95. The van der Waals surface area contributed by atoms with Crippen molar-refractivity contribution in [3.05, 3.63) is 69.3 Å². The van der Waals surface area contributed by atoms with Gasteiger partial charge in [-0.3, -0.25) is 14.9 Å². The summed E-state index contributed by atoms with van der Waals surface area (Å²) in [5.41, 5.74) is -0.173. The molecule has 0 atom stereocenters. The molecule has 0 heterocycles. The summed E-state index contributed by atoms with van der Waals surface area (Å²) in [7, 11) is 1.15. The Balaban J connectivity index is 2.37. The van der Waals surface area contributed by atoms with Gasteiger partial charge in [0.1, 0.15) is 0 Å². The average molecular weight is 389 g/mol. The molecular weight excluding hydrogens is 374 g/mol. The predicted molar refractivity (Wildman–Crippen MR) is 97.1 cm³/mol. The van der Waals surface area contributed by atoms with Crippen LogP contribution in [0.4, 0.5) is 5.69 Å². The van der Waals surface area contributed by atoms with Crippen LogP contribution in [0.1, 0.15) is 26.3 Å². The van der Waals surface area contributed by atoms with Gasteiger partial charge >= 0.3 is 11.9 Å². The minimum absolute atomic E-state index is 0.0126. The number of nitro benzene ring substituents is 1. The Labute approximate surface area is 158 Å². The number of carbonyl (C=O) groups is 3. The van der Waals surface area contributed by atoms with Crippen LogP contribution in [0.3, 0.4) is 0 Å². The molecule has 0 amide bonds. The van der Waals surface area contributed by atoms with Crippen LogP contribution < -0.4 is 0 Å². The molecule has 0 saturated heterocycles. The third kappa shape index (κ3) is 4.70. The highest BCUT2D eigenvalue weighted by atomic mass is 32.2. The standard InChI is InChI=1S/C18H15NO7S/c1-25-16(20)10-26-18(22)13-6-4-3-5-12(13)17(21)11-7-8-15(27-2)14(9-11)19(23)24/h3-9H,10H2,1-2H3. The summed E-state index contributed by atoms with van der Waals surface area (Å²) < 4.78 is 9.22. The van der Waals surface area contributed by atoms with Crippen molar-refractivity contribution in [3.8, 4) is 0 Å². The van der Waals surface area contributed by atoms with Gasteiger partial charge in [-0.2, -0.15) is 0 Å². The van der Waals surface area contributed by atoms with Crippen LogP contribution in [-0.2, 0) is 14.3 Å². The Morgan fingerprint density at radius 1 is 1.11 bits per heavy atom. The van der Waals surface area contributed by atoms with E-state index in [9.17, 15) is 24.5 Å². The van der Waals surface area contributed by atoms with Crippen LogP contribution in [0.15, 0.2) is 47.4 Å². The monoisotopic (exact) mass is 389 g/mol. The van der Waals surface area contributed by atoms with Crippen molar-refractivity contribution in [2.75, 3.05) is 20.0 Å². The third-order valence-corrected chi connectivity index (χ3v) is 4.36. The molecule has 0 N–H and O–H groups in total. The molecule has 0 aromatic heterocycles. The molecule has 0 aliphatic heterocycles. The first kappa shape index (κ1) is 20.1. The van der Waals surface area contributed by atoms with Gasteiger partial charge in [0.2, 0.25) is 0 Å². The molecule has 0 aliphatic rings. The van der Waals surface area contributed by atoms with Crippen LogP contribution in [0.2, 0.25) is 0 Å². The number of carbonyl (C=O) groups excluding carboxylic acids is 3. The van der Waals surface area contributed by atoms with Gasteiger partial charge in [0.25, 0.3) is 5.69 Å². The maximum absolute atomic E-state index is 12.8. The number of esters is 2. The molecule has 0 fully saturated rings. The first-order valence-electron chi connectivity index (χ1n) is 7.59. The van der Waals surface area contributed by atoms with Crippen molar-refractivity contribution < 1.29 is 28.8 Å². The van der Waals surface area contributed by atoms with Gasteiger partial charge in [-0.15, -0.1) is 11.8 Å². The molecular formula is C18H15NO7S. The average Bonchev–Trinajstić information content (AvgIpc) is 2.70. The van der Waals surface area contributed by atoms with Gasteiger partial charge in [0.15, 0.2) is 12.4 Å². The molecule has 0 bridgehead atoms. The van der Waals surface area contributed by atoms with Gasteiger partial charge in [-0.05, 0) is 24.5 Å². The number of benzene rings is 2. The van der Waals surface area contributed by atoms with E-state index in [0.29, 0.717) is 4.90 Å². The topological polar surface area (TPSA) is 113 Å². The first-order valence-corrected chi connectivity index (χ1v) is 8.81. The van der Waals surface area contributed by atoms with Crippen LogP contribution in [0.25, 0.3) is 0 Å². The maximum Gasteiger partial charge on any atom is 0.344 e. The SMILES string of the molecule is COC(=O)COC(=O)c1ccccc1C(=O)c1ccc(SC)c([N+](=O)[O-])c1. The number of rotatable bonds is 7. The summed E-state index contributed by atoms with van der Waals surface area (Å²) in [6, 6.07) is 9.97. The summed E-state index contributed by atoms with van der Waals surface area (Å²) in [5, 5.41) is 11.2. The Hall–Kier alpha value is -3.20. The normalized spacial score (nSPS) is 10.1. The Morgan fingerprint density at radius 3 is 2.37 bits per heavy atom. The van der Waals surface area contributed by atoms with Crippen molar-refractivity contribution in [1.82, 2.24) is 0 Å². The van der Waals surface area contributed by atoms with Gasteiger partial charge in [-0.1, -0.05) is 18.2 Å². The fourth-order valence-corrected chi connectivity index (χ4v) is 2.80. The lowest BCUT2D eigenvalue weighted by atomic mass is 9.98. The summed E-state index contributed by atoms with van der Waals surface area (Å²) in [5.74, 6) is -2.19. The van der Waals surface area contributed by atoms with Gasteiger partial charge in [0, 0.05) is 17.2 Å². The minimum Gasteiger partial charge on any atom is -0.466 e. The van der Waals surface area contributed by atoms with Crippen LogP contribution >= 0.6 is 11.8 Å². The van der Waals surface area contributed by atoms with Crippen LogP contribution in [-0.4, -0.2) is 42.6 Å². The Kier molecular flexibility index (Phi) is 6.67. The number of ether oxygens (including phenoxy) is 2. The van der Waals surface area contributed by atoms with E-state index in [1.807, 2.05) is 0 Å². The molecule has 0 saturated carbocycles. The molecule has 2 aromatic carbocycles. The highest BCUT2D eigenvalue weighted by Gasteiger charge is 2.22. The lowest BCUT2D eigenvalue weighted by Crippen LogP contribution is -2.17. The summed E-state index contributed by atoms with van der Waals surface area (Å²) in [6.45, 7) is -0.592. The van der Waals surface area contributed by atoms with E-state index in [1.165, 1.54) is 48.2 Å². The van der Waals surface area contributed by atoms with Crippen molar-refractivity contribution in [1.29, 1.82) is 0 Å². The van der Waals surface area contributed by atoms with Crippen LogP contribution in [0.5, 0.6) is 0 Å². The fraction of sp³-hybridized carbons (Fsp3) is 0.167. The predicted octanol–water partition coefficient (Wildman–Crippen LogP) is 2.88. The zero-order valence-corrected chi connectivity index (χ0v) is 15.3. The number of hydrogen-bond donors (Lipinski definition) is 0. The first-order chi connectivity index (χ1) is 12.9. The third-order valence-electron chi connectivity index (χ3n) is 3.58. The number of ketones is 1. The van der Waals surface area contributed by atoms with Gasteiger partial charge in [0.05, 0.1) is 22.5 Å². The van der Waals surface area contributed by atoms with Crippen molar-refractivity contribution >= 4 is 35.2 Å². The number of thioether (sulfide) groups is 1. The number of hydrogen-bond acceptors (Lipinski definition) is 8. The molecule has 0 unspecified atom stereocenters. The highest BCUT2D eigenvalue weighted by Crippen LogP contribution is 2.29. The lowest BCUT2D eigenvalue weighted by molar-refractivity contribution is -0.387. The molecule has 9 heteroatoms. The minimum atomic E-state index is -0.875. The summed E-state index contributed by atoms with van der Waals surface area (Å²) in [4.78, 5) is 47.2. The molecule has 0 aliphatic carbocycles. The lowest BCUT2D eigenvalue weighted by Gasteiger charge is -2.09. The smallest absolute Gasteiger partial charge is 0.344 e. The molecule has 8 nitrogen and oxygen atoms in total. The second-order valence-electron chi connectivity index (χ2n) is 5.17. The summed E-state index contributed by atoms with van der Waals surface area (Å²) in [6.07, 6.45) is 1.69. The zero-order valence-electron chi connectivity index (χ0n) is 14.5. The molecule has 2 rings (SSSR count). The largest absolute Gasteiger partial charge is 0.466 e. The highest BCUT2D eigenvalue weighted by molar-refractivity contribution is 7.98. The van der Waals surface area contributed by atoms with E-state index < -0.39 is 29.3 Å². The Bertz CT molecular complexity index is 910. The van der Waals surface area contributed by atoms with E-state index in [1.54, 1.807) is 12.3 Å². The van der Waals surface area contributed by atoms with Crippen molar-refractivity contribution in [2.45, 2.75) is 4.90 Å². The van der Waals surface area contributed by atoms with E-state index in [0.717, 1.165) is 7.11 Å². The zero-order chi connectivity index (χ0) is 20.0. The molecule has 0 spiro atoms. The Morgan fingerprint density at radius 2 is 1.78 bits per heavy atom. The maximum atomic E-state index is 12.8. The van der Waals surface area contributed by atoms with E-state index in [2.05, 4.69) is 4.74 Å². The number of nitro groups is 1. The van der Waals surface area contributed by atoms with Crippen molar-refractivity contribution in [2.24, 2.45) is 0 Å². The van der Waals surface area contributed by atoms with E-state index >= 15 is 0 Å². The molecule has 0 radical (unpaired) electrons. The fourth-order valence-electron chi connectivity index (χ4n) is 2.25.